The summed E-state index contributed by atoms with van der Waals surface area (Å²) < 4.78 is 0. The minimum absolute atomic E-state index is 0.258. The second kappa shape index (κ2) is 6.79. The Balaban J connectivity index is 2.63. The van der Waals surface area contributed by atoms with Crippen molar-refractivity contribution in [1.29, 1.82) is 0 Å². The van der Waals surface area contributed by atoms with E-state index in [1.54, 1.807) is 24.4 Å². The molecule has 2 N–H and O–H groups in total. The number of nitrogens with zero attached hydrogens (tertiary/aromatic N) is 1. The van der Waals surface area contributed by atoms with Crippen molar-refractivity contribution in [3.05, 3.63) is 33.8 Å². The van der Waals surface area contributed by atoms with Crippen molar-refractivity contribution in [1.82, 2.24) is 10.7 Å². The van der Waals surface area contributed by atoms with Crippen LogP contribution in [0.1, 0.15) is 19.4 Å². The van der Waals surface area contributed by atoms with Crippen LogP contribution in [0.5, 0.6) is 0 Å². The number of hydrogen-bond donors (Lipinski definition) is 2. The van der Waals surface area contributed by atoms with E-state index in [4.69, 9.17) is 35.4 Å². The summed E-state index contributed by atoms with van der Waals surface area (Å²) in [4.78, 5) is 0. The summed E-state index contributed by atoms with van der Waals surface area (Å²) in [6.45, 7) is 3.98. The third-order valence-electron chi connectivity index (χ3n) is 1.78. The number of hydrazone groups is 1. The number of benzene rings is 1. The average molecular weight is 290 g/mol. The topological polar surface area (TPSA) is 36.4 Å². The summed E-state index contributed by atoms with van der Waals surface area (Å²) in [5.74, 6) is 0. The van der Waals surface area contributed by atoms with Gasteiger partial charge in [0.1, 0.15) is 0 Å². The fourth-order valence-corrected chi connectivity index (χ4v) is 1.87. The monoisotopic (exact) mass is 289 g/mol. The highest BCUT2D eigenvalue weighted by molar-refractivity contribution is 7.80. The first-order chi connectivity index (χ1) is 8.00. The van der Waals surface area contributed by atoms with E-state index in [0.717, 1.165) is 0 Å². The van der Waals surface area contributed by atoms with Crippen LogP contribution in [0.25, 0.3) is 0 Å². The molecule has 0 saturated carbocycles. The standard InChI is InChI=1S/C11H13Cl2N3S/c1-7(2)15-11(17)16-14-6-8-9(12)4-3-5-10(8)13/h3-7H,1-2H3,(H2,15,16,17). The van der Waals surface area contributed by atoms with Gasteiger partial charge >= 0.3 is 0 Å². The van der Waals surface area contributed by atoms with E-state index in [9.17, 15) is 0 Å². The van der Waals surface area contributed by atoms with Gasteiger partial charge in [0, 0.05) is 11.6 Å². The Morgan fingerprint density at radius 1 is 1.35 bits per heavy atom. The van der Waals surface area contributed by atoms with Crippen LogP contribution in [0, 0.1) is 0 Å². The molecular weight excluding hydrogens is 277 g/mol. The Morgan fingerprint density at radius 2 is 1.94 bits per heavy atom. The third-order valence-corrected chi connectivity index (χ3v) is 2.65. The zero-order valence-corrected chi connectivity index (χ0v) is 11.8. The average Bonchev–Trinajstić information content (AvgIpc) is 2.21. The summed E-state index contributed by atoms with van der Waals surface area (Å²) in [5.41, 5.74) is 3.35. The molecule has 92 valence electrons. The van der Waals surface area contributed by atoms with Gasteiger partial charge < -0.3 is 5.32 Å². The van der Waals surface area contributed by atoms with Crippen LogP contribution < -0.4 is 10.7 Å². The van der Waals surface area contributed by atoms with Gasteiger partial charge in [0.05, 0.1) is 16.3 Å². The van der Waals surface area contributed by atoms with Gasteiger partial charge in [-0.3, -0.25) is 5.43 Å². The highest BCUT2D eigenvalue weighted by Gasteiger charge is 2.02. The van der Waals surface area contributed by atoms with Crippen LogP contribution in [0.2, 0.25) is 10.0 Å². The summed E-state index contributed by atoms with van der Waals surface area (Å²) in [6, 6.07) is 5.54. The lowest BCUT2D eigenvalue weighted by molar-refractivity contribution is 0.720. The lowest BCUT2D eigenvalue weighted by Crippen LogP contribution is -2.36. The van der Waals surface area contributed by atoms with Crippen LogP contribution in [0.4, 0.5) is 0 Å². The van der Waals surface area contributed by atoms with Gasteiger partial charge in [0.15, 0.2) is 5.11 Å². The number of halogens is 2. The zero-order chi connectivity index (χ0) is 12.8. The van der Waals surface area contributed by atoms with Crippen LogP contribution in [-0.4, -0.2) is 17.4 Å². The molecule has 1 rings (SSSR count). The van der Waals surface area contributed by atoms with Crippen molar-refractivity contribution in [3.63, 3.8) is 0 Å². The highest BCUT2D eigenvalue weighted by atomic mass is 35.5. The molecule has 17 heavy (non-hydrogen) atoms. The van der Waals surface area contributed by atoms with E-state index in [-0.39, 0.29) is 6.04 Å². The molecule has 0 aliphatic rings. The van der Waals surface area contributed by atoms with Crippen LogP contribution in [0.3, 0.4) is 0 Å². The van der Waals surface area contributed by atoms with Crippen molar-refractivity contribution in [2.45, 2.75) is 19.9 Å². The Hall–Kier alpha value is -0.840. The summed E-state index contributed by atoms with van der Waals surface area (Å²) in [5, 5.41) is 8.52. The van der Waals surface area contributed by atoms with Crippen molar-refractivity contribution >= 4 is 46.7 Å². The summed E-state index contributed by atoms with van der Waals surface area (Å²) in [6.07, 6.45) is 1.54. The molecule has 0 aliphatic heterocycles. The van der Waals surface area contributed by atoms with Crippen LogP contribution in [0.15, 0.2) is 23.3 Å². The van der Waals surface area contributed by atoms with Gasteiger partial charge in [-0.05, 0) is 38.2 Å². The SMILES string of the molecule is CC(C)NC(=S)NN=Cc1c(Cl)cccc1Cl. The molecule has 0 aliphatic carbocycles. The summed E-state index contributed by atoms with van der Waals surface area (Å²) >= 11 is 17.0. The molecular formula is C11H13Cl2N3S. The predicted octanol–water partition coefficient (Wildman–Crippen LogP) is 3.20. The van der Waals surface area contributed by atoms with E-state index in [0.29, 0.717) is 20.7 Å². The molecule has 3 nitrogen and oxygen atoms in total. The summed E-state index contributed by atoms with van der Waals surface area (Å²) in [7, 11) is 0. The molecule has 0 spiro atoms. The van der Waals surface area contributed by atoms with Crippen molar-refractivity contribution < 1.29 is 0 Å². The number of rotatable bonds is 3. The molecule has 0 unspecified atom stereocenters. The highest BCUT2D eigenvalue weighted by Crippen LogP contribution is 2.21. The van der Waals surface area contributed by atoms with Crippen LogP contribution >= 0.6 is 35.4 Å². The Morgan fingerprint density at radius 3 is 2.47 bits per heavy atom. The van der Waals surface area contributed by atoms with Crippen LogP contribution in [-0.2, 0) is 0 Å². The van der Waals surface area contributed by atoms with Crippen molar-refractivity contribution in [3.8, 4) is 0 Å². The predicted molar refractivity (Wildman–Crippen MR) is 78.1 cm³/mol. The first-order valence-corrected chi connectivity index (χ1v) is 6.20. The normalized spacial score (nSPS) is 10.9. The first-order valence-electron chi connectivity index (χ1n) is 5.04. The van der Waals surface area contributed by atoms with E-state index < -0.39 is 0 Å². The van der Waals surface area contributed by atoms with Gasteiger partial charge in [-0.25, -0.2) is 0 Å². The quantitative estimate of drug-likeness (QED) is 0.510. The molecule has 0 bridgehead atoms. The van der Waals surface area contributed by atoms with Crippen molar-refractivity contribution in [2.75, 3.05) is 0 Å². The van der Waals surface area contributed by atoms with Gasteiger partial charge in [-0.1, -0.05) is 29.3 Å². The second-order valence-electron chi connectivity index (χ2n) is 3.63. The van der Waals surface area contributed by atoms with E-state index >= 15 is 0 Å². The van der Waals surface area contributed by atoms with Crippen molar-refractivity contribution in [2.24, 2.45) is 5.10 Å². The molecule has 0 amide bonds. The largest absolute Gasteiger partial charge is 0.359 e. The molecule has 0 atom stereocenters. The van der Waals surface area contributed by atoms with Gasteiger partial charge in [-0.15, -0.1) is 0 Å². The molecule has 6 heteroatoms. The second-order valence-corrected chi connectivity index (χ2v) is 4.86. The molecule has 0 fully saturated rings. The molecule has 0 saturated heterocycles. The number of hydrogen-bond acceptors (Lipinski definition) is 2. The van der Waals surface area contributed by atoms with E-state index in [1.165, 1.54) is 0 Å². The Bertz CT molecular complexity index is 412. The molecule has 0 radical (unpaired) electrons. The van der Waals surface area contributed by atoms with Gasteiger partial charge in [0.25, 0.3) is 0 Å². The van der Waals surface area contributed by atoms with E-state index in [2.05, 4.69) is 15.8 Å². The molecule has 0 heterocycles. The molecule has 1 aromatic rings. The maximum atomic E-state index is 5.98. The minimum Gasteiger partial charge on any atom is -0.359 e. The lowest BCUT2D eigenvalue weighted by atomic mass is 10.2. The third kappa shape index (κ3) is 4.89. The number of nitrogens with one attached hydrogen (secondary N) is 2. The maximum Gasteiger partial charge on any atom is 0.187 e. The maximum absolute atomic E-state index is 5.98. The number of thiocarbonyl (C=S) groups is 1. The first kappa shape index (κ1) is 14.2. The van der Waals surface area contributed by atoms with E-state index in [1.807, 2.05) is 13.8 Å². The Labute approximate surface area is 116 Å². The smallest absolute Gasteiger partial charge is 0.187 e. The molecule has 1 aromatic carbocycles. The lowest BCUT2D eigenvalue weighted by Gasteiger charge is -2.09. The van der Waals surface area contributed by atoms with Gasteiger partial charge in [0.2, 0.25) is 0 Å². The Kier molecular flexibility index (Phi) is 5.68. The van der Waals surface area contributed by atoms with Gasteiger partial charge in [-0.2, -0.15) is 5.10 Å². The zero-order valence-electron chi connectivity index (χ0n) is 9.50. The molecule has 0 aromatic heterocycles. The fourth-order valence-electron chi connectivity index (χ4n) is 1.08. The fraction of sp³-hybridized carbons (Fsp3) is 0.273. The minimum atomic E-state index is 0.258.